The molecular formula is C34H34N2O7S4. The van der Waals surface area contributed by atoms with Crippen LogP contribution in [0.25, 0.3) is 28.7 Å². The van der Waals surface area contributed by atoms with Crippen molar-refractivity contribution < 1.29 is 32.5 Å². The van der Waals surface area contributed by atoms with Crippen LogP contribution in [-0.4, -0.2) is 71.2 Å². The minimum absolute atomic E-state index is 0.375. The zero-order valence-corrected chi connectivity index (χ0v) is 29.8. The Morgan fingerprint density at radius 1 is 0.681 bits per heavy atom. The summed E-state index contributed by atoms with van der Waals surface area (Å²) in [4.78, 5) is 4.95. The first-order chi connectivity index (χ1) is 22.7. The lowest BCUT2D eigenvalue weighted by atomic mass is 10.1. The summed E-state index contributed by atoms with van der Waals surface area (Å²) in [7, 11) is 4.85. The molecule has 6 rings (SSSR count). The molecule has 0 spiro atoms. The molecule has 2 aromatic heterocycles. The first kappa shape index (κ1) is 35.6. The van der Waals surface area contributed by atoms with Crippen LogP contribution in [0.15, 0.2) is 87.4 Å². The fourth-order valence-electron chi connectivity index (χ4n) is 4.43. The molecule has 2 aromatic carbocycles. The number of nitrogens with zero attached hydrogens (tertiary/aromatic N) is 2. The number of furan rings is 2. The number of hydrogen-bond acceptors (Lipinski definition) is 11. The van der Waals surface area contributed by atoms with E-state index >= 15 is 0 Å². The molecule has 246 valence electrons. The molecule has 2 fully saturated rings. The lowest BCUT2D eigenvalue weighted by Gasteiger charge is -2.09. The predicted molar refractivity (Wildman–Crippen MR) is 198 cm³/mol. The van der Waals surface area contributed by atoms with Crippen molar-refractivity contribution >= 4 is 75.3 Å². The van der Waals surface area contributed by atoms with Crippen molar-refractivity contribution in [3.8, 4) is 40.1 Å². The fourth-order valence-corrected chi connectivity index (χ4v) is 5.74. The van der Waals surface area contributed by atoms with Crippen LogP contribution in [0.3, 0.4) is 0 Å². The largest absolute Gasteiger partial charge is 0.496 e. The smallest absolute Gasteiger partial charge is 0.284 e. The average Bonchev–Trinajstić information content (AvgIpc) is 3.89. The highest BCUT2D eigenvalue weighted by atomic mass is 32.1. The maximum atomic E-state index is 5.87. The highest BCUT2D eigenvalue weighted by Gasteiger charge is 2.28. The topological polar surface area (TPSA) is 78.9 Å². The molecule has 2 saturated heterocycles. The van der Waals surface area contributed by atoms with Crippen LogP contribution >= 0.6 is 48.9 Å². The molecule has 9 nitrogen and oxygen atoms in total. The number of rotatable bonds is 8. The van der Waals surface area contributed by atoms with Gasteiger partial charge in [-0.2, -0.15) is 0 Å². The highest BCUT2D eigenvalue weighted by molar-refractivity contribution is 7.82. The molecule has 0 radical (unpaired) electrons. The molecule has 13 heteroatoms. The number of benzene rings is 2. The van der Waals surface area contributed by atoms with Gasteiger partial charge in [0.1, 0.15) is 40.4 Å². The van der Waals surface area contributed by atoms with Crippen molar-refractivity contribution in [2.45, 2.75) is 13.8 Å². The van der Waals surface area contributed by atoms with E-state index in [1.165, 1.54) is 0 Å². The van der Waals surface area contributed by atoms with Gasteiger partial charge in [-0.3, -0.25) is 9.80 Å². The Morgan fingerprint density at radius 2 is 1.26 bits per heavy atom. The number of methoxy groups -OCH3 is 3. The van der Waals surface area contributed by atoms with E-state index in [9.17, 15) is 0 Å². The zero-order chi connectivity index (χ0) is 33.9. The minimum atomic E-state index is 0.375. The number of likely N-dealkylation sites (N-methyl/N-ethyl adjacent to an activating group) is 2. The number of ether oxygens (including phenoxy) is 5. The third kappa shape index (κ3) is 8.74. The second-order valence-corrected chi connectivity index (χ2v) is 11.1. The first-order valence-electron chi connectivity index (χ1n) is 14.5. The van der Waals surface area contributed by atoms with Gasteiger partial charge in [-0.05, 0) is 80.7 Å². The van der Waals surface area contributed by atoms with Gasteiger partial charge in [-0.15, -0.1) is 0 Å². The van der Waals surface area contributed by atoms with E-state index in [1.807, 2.05) is 85.5 Å². The number of para-hydroxylation sites is 2. The summed E-state index contributed by atoms with van der Waals surface area (Å²) in [6.45, 7) is 5.95. The number of hydrogen-bond donors (Lipinski definition) is 0. The Hall–Kier alpha value is -4.30. The van der Waals surface area contributed by atoms with Gasteiger partial charge in [-0.1, -0.05) is 48.7 Å². The van der Waals surface area contributed by atoms with E-state index in [1.54, 1.807) is 38.4 Å². The summed E-state index contributed by atoms with van der Waals surface area (Å²) in [5, 5.41) is 0.891. The van der Waals surface area contributed by atoms with Crippen molar-refractivity contribution in [2.24, 2.45) is 0 Å². The Morgan fingerprint density at radius 3 is 1.72 bits per heavy atom. The van der Waals surface area contributed by atoms with Crippen LogP contribution in [0.5, 0.6) is 17.4 Å². The SMILES string of the molecule is CCN1C(=S)COC1=S.CCN1C(=S)O/C(=C\c2ccc(-c3ccccc3OC)o2)C1=S.COc1ccc(-c2ccccc2OC)o1. The fraction of sp³-hybridized carbons (Fsp3) is 0.235. The Balaban J connectivity index is 0.000000178. The Bertz CT molecular complexity index is 1750. The van der Waals surface area contributed by atoms with Gasteiger partial charge in [0.25, 0.3) is 16.3 Å². The summed E-state index contributed by atoms with van der Waals surface area (Å²) in [6, 6.07) is 22.8. The number of thiocarbonyl (C=S) groups is 4. The van der Waals surface area contributed by atoms with Crippen molar-refractivity contribution in [1.29, 1.82) is 0 Å². The van der Waals surface area contributed by atoms with Gasteiger partial charge < -0.3 is 32.5 Å². The second-order valence-electron chi connectivity index (χ2n) is 9.54. The molecule has 0 aliphatic carbocycles. The summed E-state index contributed by atoms with van der Waals surface area (Å²) in [5.41, 5.74) is 1.81. The maximum Gasteiger partial charge on any atom is 0.284 e. The molecule has 4 heterocycles. The van der Waals surface area contributed by atoms with E-state index in [-0.39, 0.29) is 0 Å². The minimum Gasteiger partial charge on any atom is -0.496 e. The van der Waals surface area contributed by atoms with Crippen LogP contribution in [0.2, 0.25) is 0 Å². The quantitative estimate of drug-likeness (QED) is 0.130. The molecule has 0 bridgehead atoms. The van der Waals surface area contributed by atoms with Crippen LogP contribution in [0.1, 0.15) is 19.6 Å². The summed E-state index contributed by atoms with van der Waals surface area (Å²) >= 11 is 20.3. The van der Waals surface area contributed by atoms with E-state index in [2.05, 4.69) is 0 Å². The Kier molecular flexibility index (Phi) is 12.9. The third-order valence-electron chi connectivity index (χ3n) is 6.77. The van der Waals surface area contributed by atoms with Crippen molar-refractivity contribution in [1.82, 2.24) is 9.80 Å². The lowest BCUT2D eigenvalue weighted by Crippen LogP contribution is -2.26. The van der Waals surface area contributed by atoms with E-state index in [0.717, 1.165) is 39.9 Å². The molecule has 0 N–H and O–H groups in total. The Labute approximate surface area is 295 Å². The van der Waals surface area contributed by atoms with Gasteiger partial charge >= 0.3 is 0 Å². The first-order valence-corrected chi connectivity index (χ1v) is 16.1. The van der Waals surface area contributed by atoms with Gasteiger partial charge in [0.05, 0.1) is 32.5 Å². The zero-order valence-electron chi connectivity index (χ0n) is 26.5. The van der Waals surface area contributed by atoms with E-state index in [4.69, 9.17) is 81.4 Å². The van der Waals surface area contributed by atoms with Gasteiger partial charge in [0.15, 0.2) is 10.7 Å². The monoisotopic (exact) mass is 710 g/mol. The molecule has 2 aliphatic rings. The van der Waals surface area contributed by atoms with Crippen LogP contribution in [0, 0.1) is 0 Å². The van der Waals surface area contributed by atoms with Crippen LogP contribution in [-0.2, 0) is 9.47 Å². The van der Waals surface area contributed by atoms with Crippen LogP contribution in [0.4, 0.5) is 0 Å². The summed E-state index contributed by atoms with van der Waals surface area (Å²) < 4.78 is 37.4. The lowest BCUT2D eigenvalue weighted by molar-refractivity contribution is 0.308. The molecular weight excluding hydrogens is 677 g/mol. The van der Waals surface area contributed by atoms with Crippen molar-refractivity contribution in [2.75, 3.05) is 41.0 Å². The highest BCUT2D eigenvalue weighted by Crippen LogP contribution is 2.33. The average molecular weight is 711 g/mol. The predicted octanol–water partition coefficient (Wildman–Crippen LogP) is 8.18. The molecule has 0 amide bonds. The summed E-state index contributed by atoms with van der Waals surface area (Å²) in [6.07, 6.45) is 1.75. The third-order valence-corrected chi connectivity index (χ3v) is 8.18. The van der Waals surface area contributed by atoms with Gasteiger partial charge in [0.2, 0.25) is 0 Å². The normalized spacial score (nSPS) is 14.6. The molecule has 4 aromatic rings. The molecule has 47 heavy (non-hydrogen) atoms. The molecule has 2 aliphatic heterocycles. The van der Waals surface area contributed by atoms with Gasteiger partial charge in [-0.25, -0.2) is 0 Å². The van der Waals surface area contributed by atoms with Crippen molar-refractivity contribution in [3.05, 3.63) is 84.3 Å². The summed E-state index contributed by atoms with van der Waals surface area (Å²) in [5.74, 6) is 4.67. The van der Waals surface area contributed by atoms with Crippen molar-refractivity contribution in [3.63, 3.8) is 0 Å². The standard InChI is InChI=1S/C17H15NO3S2.C12H12O3.C5H7NOS2/c1-3-18-16(22)15(21-17(18)23)10-11-8-9-14(20-11)12-6-4-5-7-13(12)19-2;1-13-10-6-4-3-5-9(10)11-7-8-12(14-2)15-11;1-2-6-4(8)3-7-5(6)9/h4-10H,3H2,1-2H3;3-8H,1-2H3;2-3H2,1H3/b15-10-;;. The van der Waals surface area contributed by atoms with E-state index < -0.39 is 0 Å². The van der Waals surface area contributed by atoms with Gasteiger partial charge in [0, 0.05) is 25.2 Å². The van der Waals surface area contributed by atoms with Crippen LogP contribution < -0.4 is 14.2 Å². The maximum absolute atomic E-state index is 5.87. The second kappa shape index (κ2) is 17.0. The molecule has 0 unspecified atom stereocenters. The van der Waals surface area contributed by atoms with E-state index in [0.29, 0.717) is 51.7 Å². The molecule has 0 atom stereocenters. The molecule has 0 saturated carbocycles.